The topological polar surface area (TPSA) is 43.8 Å². The van der Waals surface area contributed by atoms with Crippen molar-refractivity contribution in [2.45, 2.75) is 81.9 Å². The molecule has 4 heteroatoms. The second-order valence-electron chi connectivity index (χ2n) is 9.70. The molecule has 1 amide bonds. The van der Waals surface area contributed by atoms with Crippen molar-refractivity contribution in [1.29, 1.82) is 0 Å². The van der Waals surface area contributed by atoms with E-state index in [0.717, 1.165) is 49.5 Å². The highest BCUT2D eigenvalue weighted by molar-refractivity contribution is 5.98. The molecule has 2 aliphatic carbocycles. The van der Waals surface area contributed by atoms with E-state index in [9.17, 15) is 9.90 Å². The number of para-hydroxylation sites is 1. The van der Waals surface area contributed by atoms with Gasteiger partial charge in [-0.2, -0.15) is 0 Å². The Kier molecular flexibility index (Phi) is 4.96. The number of rotatable bonds is 2. The van der Waals surface area contributed by atoms with Crippen molar-refractivity contribution in [3.05, 3.63) is 30.3 Å². The first kappa shape index (κ1) is 18.6. The van der Waals surface area contributed by atoms with E-state index in [2.05, 4.69) is 4.90 Å². The number of nitrogens with zero attached hydrogens (tertiary/aromatic N) is 2. The molecule has 1 aromatic carbocycles. The fourth-order valence-corrected chi connectivity index (χ4v) is 6.84. The number of aliphatic hydroxyl groups excluding tert-OH is 1. The molecular weight excluding hydrogens is 348 g/mol. The first-order valence-corrected chi connectivity index (χ1v) is 11.5. The number of carbonyl (C=O) groups excluding carboxylic acids is 1. The van der Waals surface area contributed by atoms with Gasteiger partial charge in [-0.15, -0.1) is 0 Å². The number of carbonyl (C=O) groups is 1. The Bertz CT molecular complexity index is 698. The average molecular weight is 383 g/mol. The number of hydrogen-bond acceptors (Lipinski definition) is 3. The normalized spacial score (nSPS) is 35.9. The summed E-state index contributed by atoms with van der Waals surface area (Å²) >= 11 is 0. The van der Waals surface area contributed by atoms with Crippen LogP contribution in [0.4, 0.5) is 5.69 Å². The highest BCUT2D eigenvalue weighted by Gasteiger charge is 2.54. The molecule has 0 bridgehead atoms. The van der Waals surface area contributed by atoms with Crippen LogP contribution in [0, 0.1) is 11.8 Å². The molecule has 4 aliphatic rings. The van der Waals surface area contributed by atoms with Gasteiger partial charge in [-0.1, -0.05) is 43.9 Å². The molecule has 2 saturated heterocycles. The lowest BCUT2D eigenvalue weighted by molar-refractivity contribution is -0.117. The Morgan fingerprint density at radius 3 is 2.39 bits per heavy atom. The lowest BCUT2D eigenvalue weighted by atomic mass is 9.69. The third kappa shape index (κ3) is 3.09. The van der Waals surface area contributed by atoms with E-state index in [0.29, 0.717) is 0 Å². The molecule has 0 aromatic heterocycles. The molecule has 4 nitrogen and oxygen atoms in total. The van der Waals surface area contributed by atoms with Crippen LogP contribution in [-0.4, -0.2) is 46.7 Å². The lowest BCUT2D eigenvalue weighted by Gasteiger charge is -2.50. The summed E-state index contributed by atoms with van der Waals surface area (Å²) in [5.74, 6) is 2.02. The van der Waals surface area contributed by atoms with Gasteiger partial charge in [0.25, 0.3) is 0 Å². The lowest BCUT2D eigenvalue weighted by Crippen LogP contribution is -2.59. The van der Waals surface area contributed by atoms with Gasteiger partial charge in [0, 0.05) is 24.8 Å². The number of anilines is 1. The molecule has 5 rings (SSSR count). The van der Waals surface area contributed by atoms with E-state index >= 15 is 0 Å². The monoisotopic (exact) mass is 382 g/mol. The van der Waals surface area contributed by atoms with Crippen molar-refractivity contribution >= 4 is 11.6 Å². The van der Waals surface area contributed by atoms with Gasteiger partial charge in [-0.05, 0) is 56.1 Å². The van der Waals surface area contributed by atoms with Crippen LogP contribution in [0.1, 0.15) is 64.2 Å². The maximum absolute atomic E-state index is 12.8. The average Bonchev–Trinajstić information content (AvgIpc) is 2.98. The highest BCUT2D eigenvalue weighted by Crippen LogP contribution is 2.45. The summed E-state index contributed by atoms with van der Waals surface area (Å²) in [5, 5.41) is 10.9. The zero-order valence-corrected chi connectivity index (χ0v) is 16.9. The van der Waals surface area contributed by atoms with Crippen molar-refractivity contribution in [3.8, 4) is 0 Å². The van der Waals surface area contributed by atoms with Crippen LogP contribution >= 0.6 is 0 Å². The van der Waals surface area contributed by atoms with E-state index in [-0.39, 0.29) is 12.3 Å². The van der Waals surface area contributed by atoms with E-state index in [4.69, 9.17) is 0 Å². The number of amides is 1. The predicted molar refractivity (Wildman–Crippen MR) is 111 cm³/mol. The first-order valence-electron chi connectivity index (χ1n) is 11.5. The largest absolute Gasteiger partial charge is 0.390 e. The van der Waals surface area contributed by atoms with E-state index in [1.165, 1.54) is 44.9 Å². The molecule has 4 fully saturated rings. The van der Waals surface area contributed by atoms with Crippen LogP contribution in [0.3, 0.4) is 0 Å². The number of piperidine rings is 1. The van der Waals surface area contributed by atoms with Crippen molar-refractivity contribution < 1.29 is 9.90 Å². The number of aliphatic hydroxyl groups is 1. The van der Waals surface area contributed by atoms with Gasteiger partial charge >= 0.3 is 0 Å². The number of likely N-dealkylation sites (tertiary alicyclic amines) is 1. The Morgan fingerprint density at radius 2 is 1.64 bits per heavy atom. The summed E-state index contributed by atoms with van der Waals surface area (Å²) in [6.45, 7) is 2.02. The van der Waals surface area contributed by atoms with E-state index in [1.54, 1.807) is 0 Å². The minimum atomic E-state index is -0.545. The summed E-state index contributed by atoms with van der Waals surface area (Å²) in [5.41, 5.74) is 0.539. The van der Waals surface area contributed by atoms with Gasteiger partial charge < -0.3 is 14.9 Å². The first-order chi connectivity index (χ1) is 13.7. The molecule has 152 valence electrons. The van der Waals surface area contributed by atoms with Crippen LogP contribution in [0.2, 0.25) is 0 Å². The van der Waals surface area contributed by atoms with Gasteiger partial charge in [0.05, 0.1) is 18.1 Å². The fourth-order valence-electron chi connectivity index (χ4n) is 6.84. The van der Waals surface area contributed by atoms with E-state index < -0.39 is 11.6 Å². The van der Waals surface area contributed by atoms with Crippen LogP contribution in [0.5, 0.6) is 0 Å². The fraction of sp³-hybridized carbons (Fsp3) is 0.708. The minimum Gasteiger partial charge on any atom is -0.390 e. The number of benzene rings is 1. The van der Waals surface area contributed by atoms with E-state index in [1.807, 2.05) is 35.2 Å². The van der Waals surface area contributed by atoms with Gasteiger partial charge in [-0.25, -0.2) is 0 Å². The smallest absolute Gasteiger partial charge is 0.230 e. The van der Waals surface area contributed by atoms with Crippen molar-refractivity contribution in [2.24, 2.45) is 11.8 Å². The van der Waals surface area contributed by atoms with Crippen LogP contribution in [-0.2, 0) is 4.79 Å². The van der Waals surface area contributed by atoms with Gasteiger partial charge in [-0.3, -0.25) is 4.79 Å². The highest BCUT2D eigenvalue weighted by atomic mass is 16.3. The maximum Gasteiger partial charge on any atom is 0.230 e. The van der Waals surface area contributed by atoms with Crippen molar-refractivity contribution in [2.75, 3.05) is 18.0 Å². The van der Waals surface area contributed by atoms with Crippen LogP contribution in [0.15, 0.2) is 30.3 Å². The Balaban J connectivity index is 1.29. The summed E-state index contributed by atoms with van der Waals surface area (Å²) in [7, 11) is 0. The van der Waals surface area contributed by atoms with Crippen LogP contribution in [0.25, 0.3) is 0 Å². The zero-order valence-electron chi connectivity index (χ0n) is 16.9. The molecule has 0 radical (unpaired) electrons. The second kappa shape index (κ2) is 7.46. The third-order valence-corrected chi connectivity index (χ3v) is 8.39. The zero-order chi connectivity index (χ0) is 19.1. The molecule has 1 aromatic rings. The Morgan fingerprint density at radius 1 is 0.929 bits per heavy atom. The summed E-state index contributed by atoms with van der Waals surface area (Å²) in [6, 6.07) is 10.7. The Hall–Kier alpha value is -1.39. The molecule has 1 N–H and O–H groups in total. The molecule has 2 heterocycles. The molecule has 2 saturated carbocycles. The number of fused-ring (bicyclic) bond motifs is 1. The van der Waals surface area contributed by atoms with Crippen molar-refractivity contribution in [1.82, 2.24) is 4.90 Å². The number of hydrogen-bond donors (Lipinski definition) is 1. The molecule has 28 heavy (non-hydrogen) atoms. The molecule has 1 spiro atoms. The quantitative estimate of drug-likeness (QED) is 0.841. The molecule has 4 unspecified atom stereocenters. The molecule has 4 atom stereocenters. The molecule has 2 aliphatic heterocycles. The predicted octanol–water partition coefficient (Wildman–Crippen LogP) is 3.98. The van der Waals surface area contributed by atoms with Crippen LogP contribution < -0.4 is 4.90 Å². The van der Waals surface area contributed by atoms with Crippen molar-refractivity contribution in [3.63, 3.8) is 0 Å². The maximum atomic E-state index is 12.8. The summed E-state index contributed by atoms with van der Waals surface area (Å²) in [4.78, 5) is 17.4. The summed E-state index contributed by atoms with van der Waals surface area (Å²) in [6.07, 6.45) is 11.4. The summed E-state index contributed by atoms with van der Waals surface area (Å²) < 4.78 is 0. The standard InChI is InChI=1S/C24H34N2O2/c27-22-17-23(28)26(20-8-2-1-3-9-20)24(22)12-14-25(15-13-24)21-11-10-18-6-4-5-7-19(18)16-21/h1-3,8-9,18-19,21-22,27H,4-7,10-17H2. The second-order valence-corrected chi connectivity index (χ2v) is 9.70. The minimum absolute atomic E-state index is 0.0786. The SMILES string of the molecule is O=C1CC(O)C2(CCN(C3CCC4CCCCC4C3)CC2)N1c1ccccc1. The third-order valence-electron chi connectivity index (χ3n) is 8.39. The molecular formula is C24H34N2O2. The van der Waals surface area contributed by atoms with Gasteiger partial charge in [0.2, 0.25) is 5.91 Å². The van der Waals surface area contributed by atoms with Gasteiger partial charge in [0.1, 0.15) is 0 Å². The Labute approximate surface area is 168 Å². The van der Waals surface area contributed by atoms with Gasteiger partial charge in [0.15, 0.2) is 0 Å².